The maximum Gasteiger partial charge on any atom is 0.145 e. The highest BCUT2D eigenvalue weighted by Crippen LogP contribution is 2.24. The first-order chi connectivity index (χ1) is 9.74. The molecule has 1 aliphatic heterocycles. The van der Waals surface area contributed by atoms with Gasteiger partial charge < -0.3 is 5.32 Å². The van der Waals surface area contributed by atoms with Gasteiger partial charge >= 0.3 is 0 Å². The van der Waals surface area contributed by atoms with Crippen molar-refractivity contribution in [2.45, 2.75) is 52.5 Å². The van der Waals surface area contributed by atoms with Gasteiger partial charge in [0, 0.05) is 37.6 Å². The third-order valence-corrected chi connectivity index (χ3v) is 3.88. The van der Waals surface area contributed by atoms with Gasteiger partial charge in [-0.15, -0.1) is 0 Å². The average molecular weight is 276 g/mol. The molecule has 1 unspecified atom stereocenters. The minimum atomic E-state index is 0.387. The summed E-state index contributed by atoms with van der Waals surface area (Å²) >= 11 is 0. The molecular weight excluding hydrogens is 248 g/mol. The van der Waals surface area contributed by atoms with E-state index >= 15 is 0 Å². The molecule has 20 heavy (non-hydrogen) atoms. The van der Waals surface area contributed by atoms with Crippen molar-refractivity contribution in [2.24, 2.45) is 0 Å². The van der Waals surface area contributed by atoms with Gasteiger partial charge in [0.1, 0.15) is 5.82 Å². The second kappa shape index (κ2) is 7.70. The summed E-state index contributed by atoms with van der Waals surface area (Å²) in [5, 5.41) is 3.42. The monoisotopic (exact) mass is 276 g/mol. The van der Waals surface area contributed by atoms with Crippen LogP contribution in [0.25, 0.3) is 0 Å². The third kappa shape index (κ3) is 4.00. The van der Waals surface area contributed by atoms with E-state index in [0.29, 0.717) is 6.04 Å². The van der Waals surface area contributed by atoms with Crippen LogP contribution in [0, 0.1) is 6.92 Å². The van der Waals surface area contributed by atoms with Gasteiger partial charge in [-0.1, -0.05) is 26.7 Å². The highest BCUT2D eigenvalue weighted by Gasteiger charge is 2.24. The summed E-state index contributed by atoms with van der Waals surface area (Å²) < 4.78 is 0. The molecule has 0 aliphatic carbocycles. The molecule has 0 aromatic carbocycles. The molecule has 1 saturated heterocycles. The van der Waals surface area contributed by atoms with Crippen molar-refractivity contribution in [3.63, 3.8) is 0 Å². The first-order valence-corrected chi connectivity index (χ1v) is 8.03. The highest BCUT2D eigenvalue weighted by molar-refractivity contribution is 5.12. The first-order valence-electron chi connectivity index (χ1n) is 8.03. The number of aryl methyl sites for hydroxylation is 2. The Morgan fingerprint density at radius 1 is 1.20 bits per heavy atom. The lowest BCUT2D eigenvalue weighted by atomic mass is 10.1. The van der Waals surface area contributed by atoms with E-state index in [2.05, 4.69) is 37.1 Å². The van der Waals surface area contributed by atoms with E-state index in [4.69, 9.17) is 9.97 Å². The quantitative estimate of drug-likeness (QED) is 0.866. The van der Waals surface area contributed by atoms with Crippen LogP contribution < -0.4 is 5.32 Å². The zero-order valence-electron chi connectivity index (χ0n) is 13.2. The molecule has 0 amide bonds. The van der Waals surface area contributed by atoms with Crippen LogP contribution in [-0.4, -0.2) is 41.0 Å². The summed E-state index contributed by atoms with van der Waals surface area (Å²) in [7, 11) is 0. The SMILES string of the molecule is CCCc1cc(C)nc(C(CCC)N2CCNCC2)n1. The van der Waals surface area contributed by atoms with E-state index < -0.39 is 0 Å². The number of aromatic nitrogens is 2. The number of nitrogens with zero attached hydrogens (tertiary/aromatic N) is 3. The van der Waals surface area contributed by atoms with Crippen molar-refractivity contribution in [1.29, 1.82) is 0 Å². The van der Waals surface area contributed by atoms with Crippen LogP contribution in [0.15, 0.2) is 6.07 Å². The molecule has 0 bridgehead atoms. The zero-order valence-corrected chi connectivity index (χ0v) is 13.2. The Kier molecular flexibility index (Phi) is 5.92. The molecule has 1 aromatic heterocycles. The highest BCUT2D eigenvalue weighted by atomic mass is 15.2. The van der Waals surface area contributed by atoms with Crippen LogP contribution in [-0.2, 0) is 6.42 Å². The zero-order chi connectivity index (χ0) is 14.4. The molecule has 1 aliphatic rings. The Morgan fingerprint density at radius 3 is 2.60 bits per heavy atom. The number of piperazine rings is 1. The molecule has 1 N–H and O–H groups in total. The smallest absolute Gasteiger partial charge is 0.145 e. The van der Waals surface area contributed by atoms with Crippen LogP contribution >= 0.6 is 0 Å². The summed E-state index contributed by atoms with van der Waals surface area (Å²) in [4.78, 5) is 12.1. The second-order valence-corrected chi connectivity index (χ2v) is 5.70. The van der Waals surface area contributed by atoms with Crippen LogP contribution in [0.5, 0.6) is 0 Å². The maximum atomic E-state index is 4.84. The summed E-state index contributed by atoms with van der Waals surface area (Å²) in [5.74, 6) is 1.04. The first kappa shape index (κ1) is 15.4. The Morgan fingerprint density at radius 2 is 1.95 bits per heavy atom. The average Bonchev–Trinajstić information content (AvgIpc) is 2.45. The number of hydrogen-bond acceptors (Lipinski definition) is 4. The van der Waals surface area contributed by atoms with Crippen LogP contribution in [0.4, 0.5) is 0 Å². The lowest BCUT2D eigenvalue weighted by Crippen LogP contribution is -2.45. The fourth-order valence-electron chi connectivity index (χ4n) is 2.93. The van der Waals surface area contributed by atoms with Gasteiger partial charge in [0.2, 0.25) is 0 Å². The van der Waals surface area contributed by atoms with Crippen molar-refractivity contribution in [3.8, 4) is 0 Å². The van der Waals surface area contributed by atoms with Gasteiger partial charge in [0.25, 0.3) is 0 Å². The molecule has 1 fully saturated rings. The summed E-state index contributed by atoms with van der Waals surface area (Å²) in [6.07, 6.45) is 4.52. The standard InChI is InChI=1S/C16H28N4/c1-4-6-14-12-13(3)18-16(19-14)15(7-5-2)20-10-8-17-9-11-20/h12,15,17H,4-11H2,1-3H3. The summed E-state index contributed by atoms with van der Waals surface area (Å²) in [6.45, 7) is 10.9. The molecule has 1 aromatic rings. The lowest BCUT2D eigenvalue weighted by molar-refractivity contribution is 0.157. The molecule has 0 radical (unpaired) electrons. The van der Waals surface area contributed by atoms with E-state index in [1.165, 1.54) is 12.1 Å². The summed E-state index contributed by atoms with van der Waals surface area (Å²) in [5.41, 5.74) is 2.31. The van der Waals surface area contributed by atoms with Crippen molar-refractivity contribution in [1.82, 2.24) is 20.2 Å². The normalized spacial score (nSPS) is 18.1. The molecule has 1 atom stereocenters. The topological polar surface area (TPSA) is 41.1 Å². The summed E-state index contributed by atoms with van der Waals surface area (Å²) in [6, 6.07) is 2.52. The van der Waals surface area contributed by atoms with Crippen LogP contribution in [0.3, 0.4) is 0 Å². The van der Waals surface area contributed by atoms with Gasteiger partial charge in [-0.05, 0) is 25.8 Å². The fraction of sp³-hybridized carbons (Fsp3) is 0.750. The van der Waals surface area contributed by atoms with Crippen molar-refractivity contribution >= 4 is 0 Å². The van der Waals surface area contributed by atoms with Gasteiger partial charge in [-0.2, -0.15) is 0 Å². The molecule has 2 rings (SSSR count). The minimum Gasteiger partial charge on any atom is -0.314 e. The third-order valence-electron chi connectivity index (χ3n) is 3.88. The van der Waals surface area contributed by atoms with Gasteiger partial charge in [0.15, 0.2) is 0 Å². The van der Waals surface area contributed by atoms with Crippen LogP contribution in [0.2, 0.25) is 0 Å². The lowest BCUT2D eigenvalue weighted by Gasteiger charge is -2.34. The fourth-order valence-corrected chi connectivity index (χ4v) is 2.93. The van der Waals surface area contributed by atoms with Gasteiger partial charge in [-0.25, -0.2) is 9.97 Å². The second-order valence-electron chi connectivity index (χ2n) is 5.70. The molecule has 0 saturated carbocycles. The van der Waals surface area contributed by atoms with E-state index in [9.17, 15) is 0 Å². The Hall–Kier alpha value is -1.00. The molecule has 112 valence electrons. The minimum absolute atomic E-state index is 0.387. The predicted molar refractivity (Wildman–Crippen MR) is 82.9 cm³/mol. The van der Waals surface area contributed by atoms with Crippen LogP contribution in [0.1, 0.15) is 56.4 Å². The molecule has 4 nitrogen and oxygen atoms in total. The molecule has 4 heteroatoms. The Balaban J connectivity index is 2.22. The molecule has 0 spiro atoms. The van der Waals surface area contributed by atoms with E-state index in [0.717, 1.165) is 57.0 Å². The largest absolute Gasteiger partial charge is 0.314 e. The Labute approximate surface area is 123 Å². The number of rotatable bonds is 6. The van der Waals surface area contributed by atoms with E-state index in [1.54, 1.807) is 0 Å². The number of hydrogen-bond donors (Lipinski definition) is 1. The van der Waals surface area contributed by atoms with E-state index in [1.807, 2.05) is 0 Å². The molecule has 2 heterocycles. The number of nitrogens with one attached hydrogen (secondary N) is 1. The van der Waals surface area contributed by atoms with Crippen molar-refractivity contribution in [3.05, 3.63) is 23.3 Å². The van der Waals surface area contributed by atoms with Crippen molar-refractivity contribution < 1.29 is 0 Å². The van der Waals surface area contributed by atoms with Gasteiger partial charge in [-0.3, -0.25) is 4.90 Å². The Bertz CT molecular complexity index is 413. The van der Waals surface area contributed by atoms with E-state index in [-0.39, 0.29) is 0 Å². The molecular formula is C16H28N4. The maximum absolute atomic E-state index is 4.84. The van der Waals surface area contributed by atoms with Crippen molar-refractivity contribution in [2.75, 3.05) is 26.2 Å². The van der Waals surface area contributed by atoms with Gasteiger partial charge in [0.05, 0.1) is 6.04 Å². The predicted octanol–water partition coefficient (Wildman–Crippen LogP) is 2.48.